The molecule has 6 nitrogen and oxygen atoms in total. The van der Waals surface area contributed by atoms with E-state index < -0.39 is 0 Å². The number of hydrogen-bond donors (Lipinski definition) is 1. The lowest BCUT2D eigenvalue weighted by Crippen LogP contribution is -2.37. The average molecular weight is 330 g/mol. The van der Waals surface area contributed by atoms with Gasteiger partial charge in [0.25, 0.3) is 5.91 Å². The maximum atomic E-state index is 12.5. The lowest BCUT2D eigenvalue weighted by atomic mass is 10.1. The van der Waals surface area contributed by atoms with E-state index in [1.165, 1.54) is 19.3 Å². The Kier molecular flexibility index (Phi) is 5.04. The number of aryl methyl sites for hydroxylation is 2. The van der Waals surface area contributed by atoms with E-state index in [9.17, 15) is 4.79 Å². The number of carbonyl (C=O) groups excluding carboxylic acids is 1. The van der Waals surface area contributed by atoms with Crippen molar-refractivity contribution < 1.29 is 9.32 Å². The molecule has 0 unspecified atom stereocenters. The third-order valence-corrected chi connectivity index (χ3v) is 4.68. The Morgan fingerprint density at radius 3 is 2.62 bits per heavy atom. The zero-order valence-electron chi connectivity index (χ0n) is 14.8. The van der Waals surface area contributed by atoms with Gasteiger partial charge in [-0.2, -0.15) is 0 Å². The van der Waals surface area contributed by atoms with Crippen molar-refractivity contribution in [3.05, 3.63) is 34.8 Å². The third-order valence-electron chi connectivity index (χ3n) is 4.68. The molecule has 0 saturated carbocycles. The van der Waals surface area contributed by atoms with E-state index in [2.05, 4.69) is 15.4 Å². The number of nitrogens with one attached hydrogen (secondary N) is 1. The summed E-state index contributed by atoms with van der Waals surface area (Å²) in [5.74, 6) is 1.45. The minimum atomic E-state index is -0.0217. The monoisotopic (exact) mass is 330 g/mol. The first-order chi connectivity index (χ1) is 11.6. The van der Waals surface area contributed by atoms with Crippen LogP contribution >= 0.6 is 0 Å². The van der Waals surface area contributed by atoms with Crippen LogP contribution in [0.1, 0.15) is 46.8 Å². The fourth-order valence-electron chi connectivity index (χ4n) is 3.41. The van der Waals surface area contributed by atoms with Gasteiger partial charge in [0.1, 0.15) is 5.76 Å². The summed E-state index contributed by atoms with van der Waals surface area (Å²) in [4.78, 5) is 14.9. The highest BCUT2D eigenvalue weighted by atomic mass is 16.5. The zero-order valence-corrected chi connectivity index (χ0v) is 14.8. The molecule has 0 spiro atoms. The Labute approximate surface area is 142 Å². The number of carbonyl (C=O) groups is 1. The molecule has 3 heterocycles. The first kappa shape index (κ1) is 16.8. The van der Waals surface area contributed by atoms with Crippen LogP contribution in [0.4, 0.5) is 0 Å². The second kappa shape index (κ2) is 7.21. The van der Waals surface area contributed by atoms with Gasteiger partial charge in [0, 0.05) is 30.5 Å². The Balaban J connectivity index is 1.64. The highest BCUT2D eigenvalue weighted by molar-refractivity contribution is 5.95. The van der Waals surface area contributed by atoms with Crippen LogP contribution in [0.25, 0.3) is 5.82 Å². The number of aromatic nitrogens is 2. The van der Waals surface area contributed by atoms with Gasteiger partial charge in [-0.25, -0.2) is 0 Å². The standard InChI is InChI=1S/C18H26N4O2/c1-13-11-16(15(3)22(13)17-12-14(2)24-20-17)18(23)19-7-10-21-8-5-4-6-9-21/h11-12H,4-10H2,1-3H3,(H,19,23). The van der Waals surface area contributed by atoms with E-state index in [-0.39, 0.29) is 5.91 Å². The van der Waals surface area contributed by atoms with E-state index in [0.29, 0.717) is 12.1 Å². The average Bonchev–Trinajstić information content (AvgIpc) is 3.11. The molecule has 1 amide bonds. The Morgan fingerprint density at radius 1 is 1.21 bits per heavy atom. The number of nitrogens with zero attached hydrogens (tertiary/aromatic N) is 3. The molecule has 1 aliphatic heterocycles. The smallest absolute Gasteiger partial charge is 0.253 e. The van der Waals surface area contributed by atoms with E-state index in [1.807, 2.05) is 37.5 Å². The summed E-state index contributed by atoms with van der Waals surface area (Å²) in [5, 5.41) is 7.10. The predicted octanol–water partition coefficient (Wildman–Crippen LogP) is 2.61. The zero-order chi connectivity index (χ0) is 17.1. The van der Waals surface area contributed by atoms with Gasteiger partial charge in [0.15, 0.2) is 5.82 Å². The Morgan fingerprint density at radius 2 is 1.96 bits per heavy atom. The molecule has 3 rings (SSSR count). The fourth-order valence-corrected chi connectivity index (χ4v) is 3.41. The van der Waals surface area contributed by atoms with E-state index in [1.54, 1.807) is 0 Å². The largest absolute Gasteiger partial charge is 0.360 e. The highest BCUT2D eigenvalue weighted by Crippen LogP contribution is 2.20. The number of piperidine rings is 1. The third kappa shape index (κ3) is 3.53. The van der Waals surface area contributed by atoms with Gasteiger partial charge in [-0.05, 0) is 52.8 Å². The predicted molar refractivity (Wildman–Crippen MR) is 92.7 cm³/mol. The molecule has 2 aromatic heterocycles. The SMILES string of the molecule is Cc1cc(-n2c(C)cc(C(=O)NCCN3CCCCC3)c2C)no1. The molecule has 0 bridgehead atoms. The number of likely N-dealkylation sites (tertiary alicyclic amines) is 1. The first-order valence-electron chi connectivity index (χ1n) is 8.69. The lowest BCUT2D eigenvalue weighted by Gasteiger charge is -2.26. The van der Waals surface area contributed by atoms with Crippen molar-refractivity contribution >= 4 is 5.91 Å². The van der Waals surface area contributed by atoms with Crippen LogP contribution in [0.3, 0.4) is 0 Å². The quantitative estimate of drug-likeness (QED) is 0.915. The normalized spacial score (nSPS) is 15.6. The maximum absolute atomic E-state index is 12.5. The summed E-state index contributed by atoms with van der Waals surface area (Å²) in [5.41, 5.74) is 2.56. The molecule has 1 aliphatic rings. The van der Waals surface area contributed by atoms with Gasteiger partial charge < -0.3 is 14.7 Å². The summed E-state index contributed by atoms with van der Waals surface area (Å²) in [6.45, 7) is 9.68. The van der Waals surface area contributed by atoms with Crippen molar-refractivity contribution in [2.75, 3.05) is 26.2 Å². The summed E-state index contributed by atoms with van der Waals surface area (Å²) in [6, 6.07) is 3.79. The van der Waals surface area contributed by atoms with Gasteiger partial charge in [0.05, 0.1) is 5.56 Å². The molecule has 2 aromatic rings. The van der Waals surface area contributed by atoms with Crippen LogP contribution in [0.2, 0.25) is 0 Å². The van der Waals surface area contributed by atoms with Crippen LogP contribution in [-0.2, 0) is 0 Å². The summed E-state index contributed by atoms with van der Waals surface area (Å²) >= 11 is 0. The molecule has 0 atom stereocenters. The van der Waals surface area contributed by atoms with E-state index >= 15 is 0 Å². The fraction of sp³-hybridized carbons (Fsp3) is 0.556. The van der Waals surface area contributed by atoms with Gasteiger partial charge in [-0.1, -0.05) is 11.6 Å². The summed E-state index contributed by atoms with van der Waals surface area (Å²) in [7, 11) is 0. The van der Waals surface area contributed by atoms with Gasteiger partial charge >= 0.3 is 0 Å². The van der Waals surface area contributed by atoms with Crippen molar-refractivity contribution in [2.24, 2.45) is 0 Å². The van der Waals surface area contributed by atoms with Crippen LogP contribution in [0.5, 0.6) is 0 Å². The topological polar surface area (TPSA) is 63.3 Å². The van der Waals surface area contributed by atoms with Gasteiger partial charge in [-0.3, -0.25) is 9.36 Å². The van der Waals surface area contributed by atoms with Crippen molar-refractivity contribution in [3.63, 3.8) is 0 Å². The second-order valence-corrected chi connectivity index (χ2v) is 6.57. The maximum Gasteiger partial charge on any atom is 0.253 e. The highest BCUT2D eigenvalue weighted by Gasteiger charge is 2.18. The molecule has 1 saturated heterocycles. The van der Waals surface area contributed by atoms with Crippen molar-refractivity contribution in [2.45, 2.75) is 40.0 Å². The Hall–Kier alpha value is -2.08. The number of rotatable bonds is 5. The van der Waals surface area contributed by atoms with Gasteiger partial charge in [0.2, 0.25) is 0 Å². The number of amides is 1. The molecule has 24 heavy (non-hydrogen) atoms. The molecule has 130 valence electrons. The van der Waals surface area contributed by atoms with Crippen LogP contribution < -0.4 is 5.32 Å². The van der Waals surface area contributed by atoms with Crippen molar-refractivity contribution in [1.29, 1.82) is 0 Å². The van der Waals surface area contributed by atoms with Crippen LogP contribution in [0.15, 0.2) is 16.7 Å². The molecule has 1 fully saturated rings. The number of hydrogen-bond acceptors (Lipinski definition) is 4. The van der Waals surface area contributed by atoms with Gasteiger partial charge in [-0.15, -0.1) is 0 Å². The minimum absolute atomic E-state index is 0.0217. The van der Waals surface area contributed by atoms with Crippen LogP contribution in [-0.4, -0.2) is 46.7 Å². The summed E-state index contributed by atoms with van der Waals surface area (Å²) < 4.78 is 7.11. The summed E-state index contributed by atoms with van der Waals surface area (Å²) in [6.07, 6.45) is 3.87. The Bertz CT molecular complexity index is 711. The molecule has 0 radical (unpaired) electrons. The minimum Gasteiger partial charge on any atom is -0.360 e. The molecular formula is C18H26N4O2. The first-order valence-corrected chi connectivity index (χ1v) is 8.69. The molecule has 0 aromatic carbocycles. The van der Waals surface area contributed by atoms with Crippen molar-refractivity contribution in [3.8, 4) is 5.82 Å². The second-order valence-electron chi connectivity index (χ2n) is 6.57. The van der Waals surface area contributed by atoms with E-state index in [0.717, 1.165) is 42.6 Å². The molecule has 0 aliphatic carbocycles. The molecule has 1 N–H and O–H groups in total. The molecular weight excluding hydrogens is 304 g/mol. The van der Waals surface area contributed by atoms with Crippen LogP contribution in [0, 0.1) is 20.8 Å². The lowest BCUT2D eigenvalue weighted by molar-refractivity contribution is 0.0946. The van der Waals surface area contributed by atoms with E-state index in [4.69, 9.17) is 4.52 Å². The van der Waals surface area contributed by atoms with Crippen molar-refractivity contribution in [1.82, 2.24) is 19.9 Å². The molecule has 6 heteroatoms.